The van der Waals surface area contributed by atoms with E-state index in [2.05, 4.69) is 40.3 Å². The fourth-order valence-electron chi connectivity index (χ4n) is 2.86. The summed E-state index contributed by atoms with van der Waals surface area (Å²) in [5.74, 6) is 2.02. The lowest BCUT2D eigenvalue weighted by Gasteiger charge is -2.09. The van der Waals surface area contributed by atoms with E-state index in [1.165, 1.54) is 0 Å². The summed E-state index contributed by atoms with van der Waals surface area (Å²) in [6, 6.07) is 4.06. The molecule has 0 saturated carbocycles. The fraction of sp³-hybridized carbons (Fsp3) is 0.389. The van der Waals surface area contributed by atoms with Crippen molar-refractivity contribution in [2.45, 2.75) is 32.9 Å². The van der Waals surface area contributed by atoms with Crippen LogP contribution in [0, 0.1) is 0 Å². The zero-order valence-corrected chi connectivity index (χ0v) is 15.1. The minimum atomic E-state index is 0.350. The Bertz CT molecular complexity index is 805. The van der Waals surface area contributed by atoms with Gasteiger partial charge in [-0.3, -0.25) is 4.57 Å². The molecule has 3 aromatic rings. The van der Waals surface area contributed by atoms with Gasteiger partial charge in [0, 0.05) is 38.7 Å². The van der Waals surface area contributed by atoms with E-state index in [1.807, 2.05) is 30.1 Å². The van der Waals surface area contributed by atoms with Crippen molar-refractivity contribution in [2.75, 3.05) is 7.11 Å². The van der Waals surface area contributed by atoms with Gasteiger partial charge in [0.1, 0.15) is 12.1 Å². The average molecular weight is 340 g/mol. The van der Waals surface area contributed by atoms with Crippen LogP contribution in [0.5, 0.6) is 5.88 Å². The van der Waals surface area contributed by atoms with Crippen molar-refractivity contribution in [3.05, 3.63) is 53.9 Å². The van der Waals surface area contributed by atoms with E-state index >= 15 is 0 Å². The average Bonchev–Trinajstić information content (AvgIpc) is 3.23. The Morgan fingerprint density at radius 3 is 2.68 bits per heavy atom. The summed E-state index contributed by atoms with van der Waals surface area (Å²) in [4.78, 5) is 8.51. The number of pyridine rings is 1. The summed E-state index contributed by atoms with van der Waals surface area (Å²) in [6.45, 7) is 5.72. The Morgan fingerprint density at radius 1 is 1.24 bits per heavy atom. The molecule has 0 aliphatic rings. The maximum atomic E-state index is 5.51. The van der Waals surface area contributed by atoms with E-state index in [9.17, 15) is 0 Å². The predicted molar refractivity (Wildman–Crippen MR) is 95.8 cm³/mol. The first-order valence-electron chi connectivity index (χ1n) is 8.34. The fourth-order valence-corrected chi connectivity index (χ4v) is 2.86. The smallest absolute Gasteiger partial charge is 0.216 e. The number of methoxy groups -OCH3 is 1. The molecular formula is C18H24N6O. The molecule has 7 nitrogen and oxygen atoms in total. The van der Waals surface area contributed by atoms with E-state index < -0.39 is 0 Å². The molecule has 3 rings (SSSR count). The molecule has 0 fully saturated rings. The van der Waals surface area contributed by atoms with Crippen LogP contribution in [0.3, 0.4) is 0 Å². The minimum Gasteiger partial charge on any atom is -0.481 e. The topological polar surface area (TPSA) is 69.8 Å². The molecule has 0 bridgehead atoms. The number of nitrogens with zero attached hydrogens (tertiary/aromatic N) is 5. The van der Waals surface area contributed by atoms with Gasteiger partial charge in [-0.15, -0.1) is 0 Å². The second kappa shape index (κ2) is 7.48. The third kappa shape index (κ3) is 3.71. The van der Waals surface area contributed by atoms with Crippen molar-refractivity contribution in [3.8, 4) is 11.7 Å². The summed E-state index contributed by atoms with van der Waals surface area (Å²) in [6.07, 6.45) is 7.24. The van der Waals surface area contributed by atoms with Gasteiger partial charge in [-0.1, -0.05) is 19.9 Å². The number of aryl methyl sites for hydroxylation is 1. The monoisotopic (exact) mass is 340 g/mol. The largest absolute Gasteiger partial charge is 0.481 e. The standard InChI is InChI=1S/C18H24N6O/c1-13(2)17-15(18(25-4)23(3)22-17)11-20-9-14-5-6-16(21-10-14)24-8-7-19-12-24/h5-8,10,12-13,20H,9,11H2,1-4H3. The minimum absolute atomic E-state index is 0.350. The molecule has 0 amide bonds. The van der Waals surface area contributed by atoms with Gasteiger partial charge < -0.3 is 10.1 Å². The second-order valence-electron chi connectivity index (χ2n) is 6.25. The zero-order chi connectivity index (χ0) is 17.8. The molecule has 0 saturated heterocycles. The van der Waals surface area contributed by atoms with Crippen LogP contribution in [0.15, 0.2) is 37.1 Å². The van der Waals surface area contributed by atoms with Crippen LogP contribution in [-0.4, -0.2) is 31.4 Å². The first-order valence-corrected chi connectivity index (χ1v) is 8.34. The van der Waals surface area contributed by atoms with E-state index in [1.54, 1.807) is 24.3 Å². The van der Waals surface area contributed by atoms with Gasteiger partial charge in [-0.25, -0.2) is 14.6 Å². The molecule has 0 radical (unpaired) electrons. The van der Waals surface area contributed by atoms with Gasteiger partial charge in [0.25, 0.3) is 0 Å². The molecule has 25 heavy (non-hydrogen) atoms. The number of nitrogens with one attached hydrogen (secondary N) is 1. The molecule has 3 aromatic heterocycles. The number of aromatic nitrogens is 5. The molecule has 0 atom stereocenters. The van der Waals surface area contributed by atoms with Gasteiger partial charge in [-0.2, -0.15) is 5.10 Å². The van der Waals surface area contributed by atoms with Crippen LogP contribution in [0.4, 0.5) is 0 Å². The second-order valence-corrected chi connectivity index (χ2v) is 6.25. The quantitative estimate of drug-likeness (QED) is 0.715. The van der Waals surface area contributed by atoms with Gasteiger partial charge in [0.2, 0.25) is 5.88 Å². The molecule has 1 N–H and O–H groups in total. The van der Waals surface area contributed by atoms with Crippen LogP contribution >= 0.6 is 0 Å². The summed E-state index contributed by atoms with van der Waals surface area (Å²) in [7, 11) is 3.59. The highest BCUT2D eigenvalue weighted by molar-refractivity contribution is 5.33. The van der Waals surface area contributed by atoms with Gasteiger partial charge in [-0.05, 0) is 17.5 Å². The number of ether oxygens (including phenoxy) is 1. The van der Waals surface area contributed by atoms with E-state index in [0.717, 1.165) is 35.1 Å². The number of rotatable bonds is 7. The van der Waals surface area contributed by atoms with Gasteiger partial charge in [0.15, 0.2) is 0 Å². The number of imidazole rings is 1. The first kappa shape index (κ1) is 17.2. The molecule has 132 valence electrons. The Balaban J connectivity index is 1.65. The summed E-state index contributed by atoms with van der Waals surface area (Å²) >= 11 is 0. The normalized spacial score (nSPS) is 11.2. The zero-order valence-electron chi connectivity index (χ0n) is 15.1. The Kier molecular flexibility index (Phi) is 5.14. The highest BCUT2D eigenvalue weighted by Crippen LogP contribution is 2.26. The van der Waals surface area contributed by atoms with Crippen LogP contribution in [0.1, 0.15) is 36.6 Å². The van der Waals surface area contributed by atoms with Crippen LogP contribution < -0.4 is 10.1 Å². The van der Waals surface area contributed by atoms with Crippen molar-refractivity contribution in [3.63, 3.8) is 0 Å². The molecular weight excluding hydrogens is 316 g/mol. The van der Waals surface area contributed by atoms with E-state index in [-0.39, 0.29) is 0 Å². The van der Waals surface area contributed by atoms with Crippen molar-refractivity contribution in [1.29, 1.82) is 0 Å². The molecule has 0 aromatic carbocycles. The van der Waals surface area contributed by atoms with Crippen molar-refractivity contribution >= 4 is 0 Å². The summed E-state index contributed by atoms with van der Waals surface area (Å²) in [5, 5.41) is 8.04. The third-order valence-corrected chi connectivity index (χ3v) is 4.07. The SMILES string of the molecule is COc1c(CNCc2ccc(-n3ccnc3)nc2)c(C(C)C)nn1C. The van der Waals surface area contributed by atoms with Crippen molar-refractivity contribution in [1.82, 2.24) is 29.6 Å². The predicted octanol–water partition coefficient (Wildman–Crippen LogP) is 2.42. The summed E-state index contributed by atoms with van der Waals surface area (Å²) < 4.78 is 9.19. The van der Waals surface area contributed by atoms with Crippen LogP contribution in [-0.2, 0) is 20.1 Å². The molecule has 0 aliphatic carbocycles. The molecule has 7 heteroatoms. The van der Waals surface area contributed by atoms with Gasteiger partial charge >= 0.3 is 0 Å². The molecule has 0 spiro atoms. The van der Waals surface area contributed by atoms with Gasteiger partial charge in [0.05, 0.1) is 18.4 Å². The van der Waals surface area contributed by atoms with E-state index in [4.69, 9.17) is 4.74 Å². The molecule has 0 aliphatic heterocycles. The number of hydrogen-bond acceptors (Lipinski definition) is 5. The highest BCUT2D eigenvalue weighted by atomic mass is 16.5. The van der Waals surface area contributed by atoms with Crippen LogP contribution in [0.25, 0.3) is 5.82 Å². The summed E-state index contributed by atoms with van der Waals surface area (Å²) in [5.41, 5.74) is 3.31. The maximum absolute atomic E-state index is 5.51. The maximum Gasteiger partial charge on any atom is 0.216 e. The third-order valence-electron chi connectivity index (χ3n) is 4.07. The molecule has 3 heterocycles. The lowest BCUT2D eigenvalue weighted by atomic mass is 10.1. The molecule has 0 unspecified atom stereocenters. The Labute approximate surface area is 147 Å². The Morgan fingerprint density at radius 2 is 2.08 bits per heavy atom. The lowest BCUT2D eigenvalue weighted by molar-refractivity contribution is 0.368. The first-order chi connectivity index (χ1) is 12.1. The van der Waals surface area contributed by atoms with Crippen LogP contribution in [0.2, 0.25) is 0 Å². The van der Waals surface area contributed by atoms with Crippen molar-refractivity contribution < 1.29 is 4.74 Å². The van der Waals surface area contributed by atoms with Crippen molar-refractivity contribution in [2.24, 2.45) is 7.05 Å². The lowest BCUT2D eigenvalue weighted by Crippen LogP contribution is -2.15. The Hall–Kier alpha value is -2.67. The highest BCUT2D eigenvalue weighted by Gasteiger charge is 2.18. The van der Waals surface area contributed by atoms with E-state index in [0.29, 0.717) is 12.5 Å². The number of hydrogen-bond donors (Lipinski definition) is 1.